The molecule has 1 fully saturated rings. The van der Waals surface area contributed by atoms with Crippen molar-refractivity contribution in [2.45, 2.75) is 6.04 Å². The largest absolute Gasteiger partial charge is 0.377 e. The quantitative estimate of drug-likeness (QED) is 0.658. The zero-order chi connectivity index (χ0) is 17.1. The highest BCUT2D eigenvalue weighted by Crippen LogP contribution is 2.28. The molecule has 1 unspecified atom stereocenters. The van der Waals surface area contributed by atoms with Crippen LogP contribution in [0.4, 0.5) is 5.95 Å². The lowest BCUT2D eigenvalue weighted by Crippen LogP contribution is -2.42. The molecule has 24 heavy (non-hydrogen) atoms. The monoisotopic (exact) mass is 346 g/mol. The van der Waals surface area contributed by atoms with Crippen molar-refractivity contribution >= 4 is 23.5 Å². The van der Waals surface area contributed by atoms with Gasteiger partial charge < -0.3 is 15.4 Å². The summed E-state index contributed by atoms with van der Waals surface area (Å²) < 4.78 is 5.51. The second-order valence-electron chi connectivity index (χ2n) is 5.10. The second kappa shape index (κ2) is 6.90. The molecule has 3 rings (SSSR count). The number of hydrogen-bond donors (Lipinski definition) is 1. The van der Waals surface area contributed by atoms with Crippen molar-refractivity contribution in [2.75, 3.05) is 25.5 Å². The topological polar surface area (TPSA) is 107 Å². The van der Waals surface area contributed by atoms with Crippen LogP contribution < -0.4 is 5.73 Å². The molecular formula is C15H15ClN6O2. The summed E-state index contributed by atoms with van der Waals surface area (Å²) in [5.74, 6) is 0.236. The van der Waals surface area contributed by atoms with Crippen LogP contribution in [0, 0.1) is 0 Å². The fourth-order valence-corrected chi connectivity index (χ4v) is 2.73. The van der Waals surface area contributed by atoms with Gasteiger partial charge in [0.1, 0.15) is 17.2 Å². The number of nitrogens with two attached hydrogens (primary N) is 1. The van der Waals surface area contributed by atoms with E-state index in [1.807, 2.05) is 0 Å². The molecule has 1 saturated heterocycles. The lowest BCUT2D eigenvalue weighted by molar-refractivity contribution is -0.134. The summed E-state index contributed by atoms with van der Waals surface area (Å²) in [6.07, 6.45) is 2.59. The minimum absolute atomic E-state index is 0.0905. The van der Waals surface area contributed by atoms with Crippen LogP contribution >= 0.6 is 11.6 Å². The molecule has 0 aromatic carbocycles. The summed E-state index contributed by atoms with van der Waals surface area (Å²) in [6.45, 7) is 4.86. The van der Waals surface area contributed by atoms with Gasteiger partial charge in [0.05, 0.1) is 19.3 Å². The molecule has 0 spiro atoms. The first-order valence-corrected chi connectivity index (χ1v) is 7.59. The average Bonchev–Trinajstić information content (AvgIpc) is 2.60. The first-order chi connectivity index (χ1) is 11.6. The van der Waals surface area contributed by atoms with Crippen LogP contribution in [0.15, 0.2) is 31.1 Å². The Morgan fingerprint density at radius 2 is 2.25 bits per heavy atom. The molecule has 2 aromatic rings. The molecule has 0 bridgehead atoms. The predicted molar refractivity (Wildman–Crippen MR) is 88.0 cm³/mol. The molecule has 0 saturated carbocycles. The van der Waals surface area contributed by atoms with Crippen molar-refractivity contribution in [1.29, 1.82) is 0 Å². The molecule has 3 heterocycles. The Balaban J connectivity index is 2.01. The normalized spacial score (nSPS) is 17.5. The highest BCUT2D eigenvalue weighted by atomic mass is 35.5. The van der Waals surface area contributed by atoms with Crippen molar-refractivity contribution in [2.24, 2.45) is 0 Å². The number of amides is 1. The molecule has 0 radical (unpaired) electrons. The van der Waals surface area contributed by atoms with Gasteiger partial charge in [-0.05, 0) is 23.8 Å². The Hall–Kier alpha value is -2.58. The van der Waals surface area contributed by atoms with Gasteiger partial charge in [0.2, 0.25) is 11.9 Å². The maximum absolute atomic E-state index is 12.1. The van der Waals surface area contributed by atoms with Gasteiger partial charge in [0, 0.05) is 6.54 Å². The van der Waals surface area contributed by atoms with Crippen LogP contribution in [-0.4, -0.2) is 50.5 Å². The van der Waals surface area contributed by atoms with Crippen LogP contribution in [0.5, 0.6) is 0 Å². The summed E-state index contributed by atoms with van der Waals surface area (Å²) in [7, 11) is 0. The van der Waals surface area contributed by atoms with Crippen molar-refractivity contribution < 1.29 is 9.53 Å². The highest BCUT2D eigenvalue weighted by molar-refractivity contribution is 6.29. The summed E-state index contributed by atoms with van der Waals surface area (Å²) >= 11 is 6.14. The molecule has 2 N–H and O–H groups in total. The van der Waals surface area contributed by atoms with E-state index in [1.54, 1.807) is 17.0 Å². The lowest BCUT2D eigenvalue weighted by Gasteiger charge is -2.35. The van der Waals surface area contributed by atoms with Crippen molar-refractivity contribution in [1.82, 2.24) is 24.8 Å². The van der Waals surface area contributed by atoms with Gasteiger partial charge in [-0.2, -0.15) is 4.98 Å². The van der Waals surface area contributed by atoms with E-state index in [4.69, 9.17) is 22.1 Å². The fraction of sp³-hybridized carbons (Fsp3) is 0.267. The van der Waals surface area contributed by atoms with Crippen LogP contribution in [0.1, 0.15) is 11.6 Å². The number of aromatic nitrogens is 4. The first kappa shape index (κ1) is 16.3. The third-order valence-electron chi connectivity index (χ3n) is 3.61. The maximum Gasteiger partial charge on any atom is 0.246 e. The number of carbonyl (C=O) groups is 1. The molecule has 1 aliphatic heterocycles. The van der Waals surface area contributed by atoms with Crippen molar-refractivity contribution in [3.05, 3.63) is 41.8 Å². The van der Waals surface area contributed by atoms with Gasteiger partial charge in [-0.15, -0.1) is 0 Å². The third-order valence-corrected chi connectivity index (χ3v) is 3.80. The number of anilines is 1. The zero-order valence-electron chi connectivity index (χ0n) is 12.7. The lowest BCUT2D eigenvalue weighted by atomic mass is 10.0. The van der Waals surface area contributed by atoms with Crippen molar-refractivity contribution in [3.8, 4) is 11.5 Å². The molecule has 1 aliphatic rings. The summed E-state index contributed by atoms with van der Waals surface area (Å²) in [4.78, 5) is 29.9. The van der Waals surface area contributed by atoms with Gasteiger partial charge in [-0.25, -0.2) is 15.0 Å². The Kier molecular flexibility index (Phi) is 4.68. The van der Waals surface area contributed by atoms with E-state index >= 15 is 0 Å². The predicted octanol–water partition coefficient (Wildman–Crippen LogP) is 1.26. The molecule has 0 aliphatic carbocycles. The van der Waals surface area contributed by atoms with E-state index in [-0.39, 0.29) is 23.1 Å². The summed E-state index contributed by atoms with van der Waals surface area (Å²) in [5, 5.41) is 0.262. The molecule has 1 amide bonds. The van der Waals surface area contributed by atoms with Crippen molar-refractivity contribution in [3.63, 3.8) is 0 Å². The fourth-order valence-electron chi connectivity index (χ4n) is 2.52. The van der Waals surface area contributed by atoms with Crippen LogP contribution in [0.2, 0.25) is 5.15 Å². The Labute approximate surface area is 143 Å². The van der Waals surface area contributed by atoms with E-state index in [9.17, 15) is 4.79 Å². The van der Waals surface area contributed by atoms with E-state index < -0.39 is 0 Å². The Morgan fingerprint density at radius 1 is 1.42 bits per heavy atom. The second-order valence-corrected chi connectivity index (χ2v) is 5.49. The number of rotatable bonds is 3. The Morgan fingerprint density at radius 3 is 3.00 bits per heavy atom. The molecule has 9 heteroatoms. The number of hydrogen-bond acceptors (Lipinski definition) is 7. The van der Waals surface area contributed by atoms with Crippen LogP contribution in [-0.2, 0) is 9.53 Å². The molecule has 124 valence electrons. The highest BCUT2D eigenvalue weighted by Gasteiger charge is 2.28. The molecule has 2 aromatic heterocycles. The smallest absolute Gasteiger partial charge is 0.246 e. The Bertz CT molecular complexity index is 784. The van der Waals surface area contributed by atoms with Gasteiger partial charge in [-0.1, -0.05) is 18.2 Å². The number of nitrogen functional groups attached to an aromatic ring is 1. The van der Waals surface area contributed by atoms with Gasteiger partial charge in [0.25, 0.3) is 0 Å². The molecule has 1 atom stereocenters. The SMILES string of the molecule is C=CC(=O)N1CCOCC1c1cc(Cl)nc(-c2ncnc(N)n2)c1. The zero-order valence-corrected chi connectivity index (χ0v) is 13.5. The summed E-state index contributed by atoms with van der Waals surface area (Å²) in [6, 6.07) is 3.17. The molecular weight excluding hydrogens is 332 g/mol. The number of nitrogens with zero attached hydrogens (tertiary/aromatic N) is 5. The number of halogens is 1. The van der Waals surface area contributed by atoms with E-state index in [0.717, 1.165) is 5.56 Å². The summed E-state index contributed by atoms with van der Waals surface area (Å²) in [5.41, 5.74) is 6.81. The minimum atomic E-state index is -0.289. The number of ether oxygens (including phenoxy) is 1. The van der Waals surface area contributed by atoms with Gasteiger partial charge in [0.15, 0.2) is 5.82 Å². The van der Waals surface area contributed by atoms with E-state index in [0.29, 0.717) is 31.3 Å². The number of morpholine rings is 1. The maximum atomic E-state index is 12.1. The number of pyridine rings is 1. The van der Waals surface area contributed by atoms with Gasteiger partial charge >= 0.3 is 0 Å². The van der Waals surface area contributed by atoms with Crippen LogP contribution in [0.25, 0.3) is 11.5 Å². The standard InChI is InChI=1S/C15H15ClN6O2/c1-2-13(23)22-3-4-24-7-11(22)9-5-10(20-12(16)6-9)14-18-8-19-15(17)21-14/h2,5-6,8,11H,1,3-4,7H2,(H2,17,18,19,21). The van der Waals surface area contributed by atoms with Crippen LogP contribution in [0.3, 0.4) is 0 Å². The number of carbonyl (C=O) groups excluding carboxylic acids is 1. The minimum Gasteiger partial charge on any atom is -0.377 e. The third kappa shape index (κ3) is 3.34. The first-order valence-electron chi connectivity index (χ1n) is 7.21. The average molecular weight is 347 g/mol. The van der Waals surface area contributed by atoms with Gasteiger partial charge in [-0.3, -0.25) is 4.79 Å². The van der Waals surface area contributed by atoms with E-state index in [2.05, 4.69) is 26.5 Å². The van der Waals surface area contributed by atoms with E-state index in [1.165, 1.54) is 12.4 Å². The molecule has 8 nitrogen and oxygen atoms in total.